The number of nitrogens with one attached hydrogen (secondary N) is 2. The predicted octanol–water partition coefficient (Wildman–Crippen LogP) is 2.58. The number of carbonyl (C=O) groups excluding carboxylic acids is 2. The minimum absolute atomic E-state index is 0.0827. The highest BCUT2D eigenvalue weighted by Crippen LogP contribution is 2.38. The van der Waals surface area contributed by atoms with Crippen molar-refractivity contribution < 1.29 is 18.0 Å². The Hall–Kier alpha value is -1.58. The molecule has 28 heavy (non-hydrogen) atoms. The summed E-state index contributed by atoms with van der Waals surface area (Å²) in [6, 6.07) is 4.60. The Morgan fingerprint density at radius 1 is 1.18 bits per heavy atom. The van der Waals surface area contributed by atoms with Crippen LogP contribution >= 0.6 is 11.8 Å². The van der Waals surface area contributed by atoms with Gasteiger partial charge in [0, 0.05) is 23.5 Å². The van der Waals surface area contributed by atoms with Gasteiger partial charge < -0.3 is 10.2 Å². The maximum Gasteiger partial charge on any atom is 0.247 e. The first-order chi connectivity index (χ1) is 13.1. The van der Waals surface area contributed by atoms with Crippen LogP contribution < -0.4 is 10.0 Å². The maximum atomic E-state index is 12.8. The molecule has 0 aromatic heterocycles. The largest absolute Gasteiger partial charge is 0.341 e. The van der Waals surface area contributed by atoms with Crippen molar-refractivity contribution in [2.24, 2.45) is 0 Å². The zero-order valence-corrected chi connectivity index (χ0v) is 18.1. The van der Waals surface area contributed by atoms with E-state index in [2.05, 4.69) is 10.0 Å². The van der Waals surface area contributed by atoms with Crippen LogP contribution in [0.3, 0.4) is 0 Å². The summed E-state index contributed by atoms with van der Waals surface area (Å²) in [4.78, 5) is 28.0. The number of hydrogen-bond acceptors (Lipinski definition) is 5. The third-order valence-electron chi connectivity index (χ3n) is 4.58. The van der Waals surface area contributed by atoms with Crippen molar-refractivity contribution in [2.75, 3.05) is 18.4 Å². The van der Waals surface area contributed by atoms with E-state index in [1.165, 1.54) is 23.9 Å². The van der Waals surface area contributed by atoms with Crippen molar-refractivity contribution in [2.45, 2.75) is 67.0 Å². The van der Waals surface area contributed by atoms with Gasteiger partial charge in [0.25, 0.3) is 0 Å². The van der Waals surface area contributed by atoms with Gasteiger partial charge in [0.1, 0.15) is 0 Å². The van der Waals surface area contributed by atoms with Crippen LogP contribution in [0.1, 0.15) is 46.5 Å². The lowest BCUT2D eigenvalue weighted by molar-refractivity contribution is -0.133. The lowest BCUT2D eigenvalue weighted by Crippen LogP contribution is -2.45. The lowest BCUT2D eigenvalue weighted by atomic mass is 10.1. The summed E-state index contributed by atoms with van der Waals surface area (Å²) in [6.45, 7) is 6.66. The molecule has 2 aliphatic heterocycles. The highest BCUT2D eigenvalue weighted by Gasteiger charge is 2.36. The third-order valence-corrected chi connectivity index (χ3v) is 7.60. The number of likely N-dealkylation sites (tertiary alicyclic amines) is 1. The summed E-state index contributed by atoms with van der Waals surface area (Å²) in [6.07, 6.45) is 4.14. The van der Waals surface area contributed by atoms with Gasteiger partial charge in [-0.1, -0.05) is 12.8 Å². The van der Waals surface area contributed by atoms with Gasteiger partial charge in [-0.25, -0.2) is 13.1 Å². The zero-order valence-electron chi connectivity index (χ0n) is 16.4. The van der Waals surface area contributed by atoms with Crippen LogP contribution in [0.2, 0.25) is 0 Å². The normalized spacial score (nSPS) is 20.9. The molecule has 154 valence electrons. The molecule has 1 fully saturated rings. The molecule has 3 rings (SSSR count). The molecule has 2 N–H and O–H groups in total. The molecule has 0 spiro atoms. The summed E-state index contributed by atoms with van der Waals surface area (Å²) in [5.74, 6) is -0.564. The highest BCUT2D eigenvalue weighted by atomic mass is 32.2. The number of carbonyl (C=O) groups is 2. The van der Waals surface area contributed by atoms with Crippen LogP contribution in [0.25, 0.3) is 0 Å². The molecule has 1 unspecified atom stereocenters. The number of anilines is 1. The van der Waals surface area contributed by atoms with Crippen LogP contribution in [0.4, 0.5) is 5.69 Å². The van der Waals surface area contributed by atoms with Gasteiger partial charge in [0.15, 0.2) is 5.25 Å². The predicted molar refractivity (Wildman–Crippen MR) is 110 cm³/mol. The number of hydrogen-bond donors (Lipinski definition) is 2. The van der Waals surface area contributed by atoms with Crippen molar-refractivity contribution in [1.29, 1.82) is 0 Å². The summed E-state index contributed by atoms with van der Waals surface area (Å²) in [7, 11) is -3.71. The van der Waals surface area contributed by atoms with E-state index in [4.69, 9.17) is 0 Å². The summed E-state index contributed by atoms with van der Waals surface area (Å²) in [5, 5.41) is 1.89. The Kier molecular flexibility index (Phi) is 6.07. The van der Waals surface area contributed by atoms with E-state index in [0.717, 1.165) is 25.7 Å². The Morgan fingerprint density at radius 3 is 2.43 bits per heavy atom. The molecule has 7 nitrogen and oxygen atoms in total. The van der Waals surface area contributed by atoms with Crippen LogP contribution in [-0.4, -0.2) is 49.0 Å². The number of nitrogens with zero attached hydrogens (tertiary/aromatic N) is 1. The zero-order chi connectivity index (χ0) is 20.5. The van der Waals surface area contributed by atoms with Gasteiger partial charge in [0.05, 0.1) is 10.6 Å². The molecule has 0 radical (unpaired) electrons. The third kappa shape index (κ3) is 4.87. The van der Waals surface area contributed by atoms with Gasteiger partial charge in [0.2, 0.25) is 21.8 Å². The molecule has 9 heteroatoms. The first-order valence-corrected chi connectivity index (χ1v) is 11.9. The van der Waals surface area contributed by atoms with Crippen LogP contribution in [0, 0.1) is 0 Å². The fourth-order valence-corrected chi connectivity index (χ4v) is 5.83. The van der Waals surface area contributed by atoms with Crippen LogP contribution in [-0.2, 0) is 19.6 Å². The van der Waals surface area contributed by atoms with E-state index < -0.39 is 26.7 Å². The molecule has 0 bridgehead atoms. The molecule has 2 amide bonds. The molecule has 2 aliphatic rings. The summed E-state index contributed by atoms with van der Waals surface area (Å²) < 4.78 is 27.7. The van der Waals surface area contributed by atoms with Gasteiger partial charge in [-0.05, 0) is 51.8 Å². The quantitative estimate of drug-likeness (QED) is 0.726. The molecule has 1 atom stereocenters. The second-order valence-corrected chi connectivity index (χ2v) is 11.1. The number of thioether (sulfide) groups is 1. The molecule has 1 aromatic carbocycles. The summed E-state index contributed by atoms with van der Waals surface area (Å²) >= 11 is 1.19. The van der Waals surface area contributed by atoms with Crippen molar-refractivity contribution in [1.82, 2.24) is 9.62 Å². The molecule has 0 saturated carbocycles. The fraction of sp³-hybridized carbons (Fsp3) is 0.579. The van der Waals surface area contributed by atoms with Gasteiger partial charge in [-0.3, -0.25) is 9.59 Å². The van der Waals surface area contributed by atoms with Crippen LogP contribution in [0.5, 0.6) is 0 Å². The number of amides is 2. The molecule has 1 aromatic rings. The smallest absolute Gasteiger partial charge is 0.247 e. The second-order valence-electron chi connectivity index (χ2n) is 8.24. The van der Waals surface area contributed by atoms with Crippen molar-refractivity contribution in [3.05, 3.63) is 18.2 Å². The first-order valence-electron chi connectivity index (χ1n) is 9.51. The van der Waals surface area contributed by atoms with E-state index in [1.807, 2.05) is 0 Å². The highest BCUT2D eigenvalue weighted by molar-refractivity contribution is 8.01. The van der Waals surface area contributed by atoms with E-state index in [1.54, 1.807) is 31.7 Å². The van der Waals surface area contributed by atoms with Gasteiger partial charge >= 0.3 is 0 Å². The van der Waals surface area contributed by atoms with Gasteiger partial charge in [-0.2, -0.15) is 0 Å². The Bertz CT molecular complexity index is 870. The van der Waals surface area contributed by atoms with Crippen molar-refractivity contribution >= 4 is 39.3 Å². The molecule has 2 heterocycles. The van der Waals surface area contributed by atoms with E-state index in [9.17, 15) is 18.0 Å². The molecular weight excluding hydrogens is 398 g/mol. The van der Waals surface area contributed by atoms with Crippen LogP contribution in [0.15, 0.2) is 28.0 Å². The minimum atomic E-state index is -3.71. The number of sulfonamides is 1. The summed E-state index contributed by atoms with van der Waals surface area (Å²) in [5.41, 5.74) is -0.191. The maximum absolute atomic E-state index is 12.8. The van der Waals surface area contributed by atoms with Gasteiger partial charge in [-0.15, -0.1) is 11.8 Å². The monoisotopic (exact) mass is 425 g/mol. The second kappa shape index (κ2) is 8.04. The Morgan fingerprint density at radius 2 is 1.82 bits per heavy atom. The van der Waals surface area contributed by atoms with Crippen molar-refractivity contribution in [3.8, 4) is 0 Å². The van der Waals surface area contributed by atoms with E-state index in [-0.39, 0.29) is 10.8 Å². The number of benzene rings is 1. The fourth-order valence-electron chi connectivity index (χ4n) is 3.34. The van der Waals surface area contributed by atoms with E-state index in [0.29, 0.717) is 23.7 Å². The standard InChI is InChI=1S/C19H27N3O4S2/c1-19(2,3)21-28(25,26)13-8-9-15-14(12-13)20-17(23)16(27-15)18(24)22-10-6-4-5-7-11-22/h8-9,12,16,21H,4-7,10-11H2,1-3H3,(H,20,23). The van der Waals surface area contributed by atoms with E-state index >= 15 is 0 Å². The Balaban J connectivity index is 1.80. The van der Waals surface area contributed by atoms with Crippen molar-refractivity contribution in [3.63, 3.8) is 0 Å². The Labute approximate surface area is 170 Å². The number of fused-ring (bicyclic) bond motifs is 1. The molecule has 0 aliphatic carbocycles. The average molecular weight is 426 g/mol. The average Bonchev–Trinajstić information content (AvgIpc) is 2.87. The topological polar surface area (TPSA) is 95.6 Å². The number of rotatable bonds is 3. The SMILES string of the molecule is CC(C)(C)NS(=O)(=O)c1ccc2c(c1)NC(=O)C(C(=O)N1CCCCCC1)S2. The molecule has 1 saturated heterocycles. The minimum Gasteiger partial charge on any atom is -0.341 e. The molecular formula is C19H27N3O4S2. The first kappa shape index (κ1) is 21.1. The lowest BCUT2D eigenvalue weighted by Gasteiger charge is -2.29.